The molecule has 0 saturated heterocycles. The van der Waals surface area contributed by atoms with Gasteiger partial charge in [0, 0.05) is 28.9 Å². The molecule has 0 aliphatic carbocycles. The second-order valence-electron chi connectivity index (χ2n) is 7.64. The van der Waals surface area contributed by atoms with E-state index < -0.39 is 4.92 Å². The Hall–Kier alpha value is -4.51. The van der Waals surface area contributed by atoms with Crippen LogP contribution in [-0.2, 0) is 4.79 Å². The lowest BCUT2D eigenvalue weighted by Crippen LogP contribution is -2.20. The van der Waals surface area contributed by atoms with E-state index in [2.05, 4.69) is 20.7 Å². The van der Waals surface area contributed by atoms with Crippen LogP contribution in [0, 0.1) is 17.0 Å². The van der Waals surface area contributed by atoms with Gasteiger partial charge in [0.1, 0.15) is 5.75 Å². The zero-order valence-electron chi connectivity index (χ0n) is 19.5. The largest absolute Gasteiger partial charge is 0.497 e. The standard InChI is InChI=1S/C25H22N6O4S/c1-17-6-10-20(11-7-17)30-24(19-8-12-22(35-2)13-9-19)28-29-25(30)36-16-23(32)27-26-15-18-4-3-5-21(14-18)31(33)34/h3-15H,16H2,1-2H3,(H,27,32)/b26-15+. The van der Waals surface area contributed by atoms with Crippen LogP contribution in [0.5, 0.6) is 5.75 Å². The van der Waals surface area contributed by atoms with Crippen molar-refractivity contribution < 1.29 is 14.5 Å². The topological polar surface area (TPSA) is 125 Å². The highest BCUT2D eigenvalue weighted by molar-refractivity contribution is 7.99. The number of nitro benzene ring substituents is 1. The van der Waals surface area contributed by atoms with Crippen LogP contribution in [0.4, 0.5) is 5.69 Å². The highest BCUT2D eigenvalue weighted by Crippen LogP contribution is 2.29. The second kappa shape index (κ2) is 11.3. The van der Waals surface area contributed by atoms with Crippen LogP contribution in [0.15, 0.2) is 83.1 Å². The molecule has 0 aliphatic rings. The number of nitrogens with zero attached hydrogens (tertiary/aromatic N) is 5. The summed E-state index contributed by atoms with van der Waals surface area (Å²) in [6, 6.07) is 21.4. The zero-order chi connectivity index (χ0) is 25.5. The Kier molecular flexibility index (Phi) is 7.71. The van der Waals surface area contributed by atoms with Crippen molar-refractivity contribution in [1.82, 2.24) is 20.2 Å². The summed E-state index contributed by atoms with van der Waals surface area (Å²) in [6.07, 6.45) is 1.35. The molecule has 1 aromatic heterocycles. The molecule has 0 fully saturated rings. The van der Waals surface area contributed by atoms with Crippen LogP contribution in [0.25, 0.3) is 17.1 Å². The summed E-state index contributed by atoms with van der Waals surface area (Å²) in [6.45, 7) is 2.01. The Labute approximate surface area is 211 Å². The van der Waals surface area contributed by atoms with E-state index in [9.17, 15) is 14.9 Å². The molecule has 0 spiro atoms. The van der Waals surface area contributed by atoms with E-state index in [-0.39, 0.29) is 17.3 Å². The third-order valence-electron chi connectivity index (χ3n) is 5.09. The molecule has 36 heavy (non-hydrogen) atoms. The number of carbonyl (C=O) groups is 1. The number of nitrogens with one attached hydrogen (secondary N) is 1. The number of non-ortho nitro benzene ring substituents is 1. The first kappa shape index (κ1) is 24.6. The zero-order valence-corrected chi connectivity index (χ0v) is 20.3. The molecule has 0 aliphatic heterocycles. The number of amides is 1. The lowest BCUT2D eigenvalue weighted by atomic mass is 10.2. The fourth-order valence-electron chi connectivity index (χ4n) is 3.28. The maximum atomic E-state index is 12.4. The third kappa shape index (κ3) is 5.94. The maximum Gasteiger partial charge on any atom is 0.270 e. The van der Waals surface area contributed by atoms with Gasteiger partial charge in [0.15, 0.2) is 11.0 Å². The van der Waals surface area contributed by atoms with Crippen molar-refractivity contribution >= 4 is 29.6 Å². The van der Waals surface area contributed by atoms with E-state index >= 15 is 0 Å². The van der Waals surface area contributed by atoms with Crippen LogP contribution in [-0.4, -0.2) is 44.7 Å². The quantitative estimate of drug-likeness (QED) is 0.156. The van der Waals surface area contributed by atoms with Gasteiger partial charge in [-0.05, 0) is 43.3 Å². The predicted octanol–water partition coefficient (Wildman–Crippen LogP) is 4.40. The number of aromatic nitrogens is 3. The van der Waals surface area contributed by atoms with Crippen LogP contribution in [0.1, 0.15) is 11.1 Å². The van der Waals surface area contributed by atoms with Crippen molar-refractivity contribution in [2.45, 2.75) is 12.1 Å². The lowest BCUT2D eigenvalue weighted by Gasteiger charge is -2.11. The minimum atomic E-state index is -0.489. The first-order valence-corrected chi connectivity index (χ1v) is 11.8. The summed E-state index contributed by atoms with van der Waals surface area (Å²) >= 11 is 1.22. The van der Waals surface area contributed by atoms with Gasteiger partial charge in [-0.2, -0.15) is 5.10 Å². The van der Waals surface area contributed by atoms with Crippen molar-refractivity contribution in [3.8, 4) is 22.8 Å². The first-order chi connectivity index (χ1) is 17.4. The van der Waals surface area contributed by atoms with Crippen molar-refractivity contribution in [3.05, 3.63) is 94.0 Å². The molecule has 0 radical (unpaired) electrons. The molecule has 0 bridgehead atoms. The smallest absolute Gasteiger partial charge is 0.270 e. The third-order valence-corrected chi connectivity index (χ3v) is 6.02. The van der Waals surface area contributed by atoms with Crippen LogP contribution < -0.4 is 10.2 Å². The first-order valence-electron chi connectivity index (χ1n) is 10.8. The summed E-state index contributed by atoms with van der Waals surface area (Å²) in [5.41, 5.74) is 5.72. The molecule has 0 atom stereocenters. The minimum Gasteiger partial charge on any atom is -0.497 e. The summed E-state index contributed by atoms with van der Waals surface area (Å²) < 4.78 is 7.14. The van der Waals surface area contributed by atoms with Crippen molar-refractivity contribution in [3.63, 3.8) is 0 Å². The number of aryl methyl sites for hydroxylation is 1. The van der Waals surface area contributed by atoms with Gasteiger partial charge in [-0.3, -0.25) is 19.5 Å². The van der Waals surface area contributed by atoms with Gasteiger partial charge in [-0.1, -0.05) is 41.6 Å². The maximum absolute atomic E-state index is 12.4. The van der Waals surface area contributed by atoms with Crippen molar-refractivity contribution in [2.75, 3.05) is 12.9 Å². The number of rotatable bonds is 9. The van der Waals surface area contributed by atoms with Crippen molar-refractivity contribution in [1.29, 1.82) is 0 Å². The molecule has 3 aromatic carbocycles. The average Bonchev–Trinajstić information content (AvgIpc) is 3.32. The Morgan fingerprint density at radius 1 is 1.14 bits per heavy atom. The molecule has 182 valence electrons. The Bertz CT molecular complexity index is 1400. The molecule has 4 rings (SSSR count). The summed E-state index contributed by atoms with van der Waals surface area (Å²) in [4.78, 5) is 22.8. The number of methoxy groups -OCH3 is 1. The number of hydrazone groups is 1. The molecule has 4 aromatic rings. The van der Waals surface area contributed by atoms with E-state index in [4.69, 9.17) is 4.74 Å². The summed E-state index contributed by atoms with van der Waals surface area (Å²) in [5.74, 6) is 1.05. The fourth-order valence-corrected chi connectivity index (χ4v) is 4.02. The number of hydrogen-bond acceptors (Lipinski definition) is 8. The van der Waals surface area contributed by atoms with Gasteiger partial charge in [-0.25, -0.2) is 5.43 Å². The Balaban J connectivity index is 1.50. The number of thioether (sulfide) groups is 1. The molecule has 1 heterocycles. The van der Waals surface area contributed by atoms with Gasteiger partial charge < -0.3 is 4.74 Å². The summed E-state index contributed by atoms with van der Waals surface area (Å²) in [5, 5.41) is 24.0. The van der Waals surface area contributed by atoms with E-state index in [0.717, 1.165) is 22.6 Å². The fraction of sp³-hybridized carbons (Fsp3) is 0.120. The number of benzene rings is 3. The monoisotopic (exact) mass is 502 g/mol. The molecule has 11 heteroatoms. The van der Waals surface area contributed by atoms with Gasteiger partial charge in [0.05, 0.1) is 24.0 Å². The number of carbonyl (C=O) groups excluding carboxylic acids is 1. The van der Waals surface area contributed by atoms with E-state index in [1.165, 1.54) is 30.1 Å². The molecule has 0 saturated carbocycles. The van der Waals surface area contributed by atoms with Gasteiger partial charge in [0.25, 0.3) is 11.6 Å². The van der Waals surface area contributed by atoms with Gasteiger partial charge in [0.2, 0.25) is 0 Å². The number of nitro groups is 1. The van der Waals surface area contributed by atoms with E-state index in [0.29, 0.717) is 16.5 Å². The average molecular weight is 503 g/mol. The van der Waals surface area contributed by atoms with Gasteiger partial charge in [-0.15, -0.1) is 10.2 Å². The summed E-state index contributed by atoms with van der Waals surface area (Å²) in [7, 11) is 1.61. The van der Waals surface area contributed by atoms with Gasteiger partial charge >= 0.3 is 0 Å². The normalized spacial score (nSPS) is 10.9. The SMILES string of the molecule is COc1ccc(-c2nnc(SCC(=O)N/N=C/c3cccc([N+](=O)[O-])c3)n2-c2ccc(C)cc2)cc1. The van der Waals surface area contributed by atoms with E-state index in [1.54, 1.807) is 19.2 Å². The molecule has 1 N–H and O–H groups in total. The van der Waals surface area contributed by atoms with Crippen molar-refractivity contribution in [2.24, 2.45) is 5.10 Å². The number of hydrogen-bond donors (Lipinski definition) is 1. The number of ether oxygens (including phenoxy) is 1. The highest BCUT2D eigenvalue weighted by Gasteiger charge is 2.17. The van der Waals surface area contributed by atoms with Crippen LogP contribution >= 0.6 is 11.8 Å². The Morgan fingerprint density at radius 2 is 1.89 bits per heavy atom. The predicted molar refractivity (Wildman–Crippen MR) is 138 cm³/mol. The highest BCUT2D eigenvalue weighted by atomic mass is 32.2. The Morgan fingerprint density at radius 3 is 2.58 bits per heavy atom. The molecule has 10 nitrogen and oxygen atoms in total. The molecular formula is C25H22N6O4S. The van der Waals surface area contributed by atoms with Crippen LogP contribution in [0.2, 0.25) is 0 Å². The second-order valence-corrected chi connectivity index (χ2v) is 8.58. The molecule has 0 unspecified atom stereocenters. The molecular weight excluding hydrogens is 480 g/mol. The molecule has 1 amide bonds. The minimum absolute atomic E-state index is 0.0406. The van der Waals surface area contributed by atoms with Crippen LogP contribution in [0.3, 0.4) is 0 Å². The lowest BCUT2D eigenvalue weighted by molar-refractivity contribution is -0.384. The van der Waals surface area contributed by atoms with E-state index in [1.807, 2.05) is 60.0 Å².